The van der Waals surface area contributed by atoms with Gasteiger partial charge in [0, 0.05) is 31.2 Å². The summed E-state index contributed by atoms with van der Waals surface area (Å²) in [6, 6.07) is 8.75. The Balaban J connectivity index is 1.89. The first kappa shape index (κ1) is 16.3. The van der Waals surface area contributed by atoms with Crippen LogP contribution < -0.4 is 10.1 Å². The van der Waals surface area contributed by atoms with Crippen molar-refractivity contribution in [3.63, 3.8) is 0 Å². The van der Waals surface area contributed by atoms with E-state index in [0.29, 0.717) is 6.04 Å². The van der Waals surface area contributed by atoms with Crippen LogP contribution in [0.2, 0.25) is 0 Å². The fourth-order valence-corrected chi connectivity index (χ4v) is 2.73. The van der Waals surface area contributed by atoms with Crippen LogP contribution in [0.15, 0.2) is 24.3 Å². The number of nitrogens with one attached hydrogen (secondary N) is 1. The van der Waals surface area contributed by atoms with Crippen LogP contribution in [0.5, 0.6) is 5.75 Å². The molecule has 1 aromatic rings. The summed E-state index contributed by atoms with van der Waals surface area (Å²) in [5.41, 5.74) is 1.27. The minimum absolute atomic E-state index is 0.370. The molecule has 1 aromatic carbocycles. The Morgan fingerprint density at radius 3 is 2.71 bits per heavy atom. The highest BCUT2D eigenvalue weighted by molar-refractivity contribution is 5.35. The average Bonchev–Trinajstić information content (AvgIpc) is 2.54. The minimum Gasteiger partial charge on any atom is -0.492 e. The van der Waals surface area contributed by atoms with Gasteiger partial charge in [-0.1, -0.05) is 32.0 Å². The molecule has 1 heterocycles. The maximum absolute atomic E-state index is 6.05. The summed E-state index contributed by atoms with van der Waals surface area (Å²) < 4.78 is 11.4. The van der Waals surface area contributed by atoms with Gasteiger partial charge in [0.05, 0.1) is 13.2 Å². The largest absolute Gasteiger partial charge is 0.492 e. The molecule has 1 saturated heterocycles. The molecule has 1 atom stereocenters. The van der Waals surface area contributed by atoms with E-state index in [1.165, 1.54) is 5.56 Å². The number of benzene rings is 1. The van der Waals surface area contributed by atoms with Crippen molar-refractivity contribution in [2.45, 2.75) is 26.3 Å². The van der Waals surface area contributed by atoms with Crippen LogP contribution in [-0.2, 0) is 4.74 Å². The van der Waals surface area contributed by atoms with E-state index in [-0.39, 0.29) is 0 Å². The second-order valence-electron chi connectivity index (χ2n) is 5.36. The zero-order valence-corrected chi connectivity index (χ0v) is 13.3. The maximum Gasteiger partial charge on any atom is 0.124 e. The molecule has 1 fully saturated rings. The highest BCUT2D eigenvalue weighted by atomic mass is 16.5. The predicted octanol–water partition coefficient (Wildman–Crippen LogP) is 2.46. The average molecular weight is 292 g/mol. The Labute approximate surface area is 128 Å². The van der Waals surface area contributed by atoms with Crippen LogP contribution in [0.25, 0.3) is 0 Å². The number of morpholine rings is 1. The number of rotatable bonds is 8. The van der Waals surface area contributed by atoms with Gasteiger partial charge < -0.3 is 14.8 Å². The van der Waals surface area contributed by atoms with Crippen molar-refractivity contribution >= 4 is 0 Å². The molecule has 0 radical (unpaired) electrons. The van der Waals surface area contributed by atoms with Crippen molar-refractivity contribution in [1.29, 1.82) is 0 Å². The van der Waals surface area contributed by atoms with E-state index in [9.17, 15) is 0 Å². The third-order valence-electron chi connectivity index (χ3n) is 3.92. The van der Waals surface area contributed by atoms with Gasteiger partial charge >= 0.3 is 0 Å². The summed E-state index contributed by atoms with van der Waals surface area (Å²) in [6.45, 7) is 10.7. The lowest BCUT2D eigenvalue weighted by molar-refractivity contribution is 0.0322. The van der Waals surface area contributed by atoms with E-state index in [2.05, 4.69) is 42.3 Å². The van der Waals surface area contributed by atoms with Crippen molar-refractivity contribution in [3.8, 4) is 5.75 Å². The molecule has 118 valence electrons. The van der Waals surface area contributed by atoms with E-state index in [4.69, 9.17) is 9.47 Å². The van der Waals surface area contributed by atoms with Gasteiger partial charge in [-0.15, -0.1) is 0 Å². The fraction of sp³-hybridized carbons (Fsp3) is 0.647. The van der Waals surface area contributed by atoms with Gasteiger partial charge in [0.25, 0.3) is 0 Å². The molecule has 2 rings (SSSR count). The van der Waals surface area contributed by atoms with Crippen molar-refractivity contribution in [2.75, 3.05) is 46.0 Å². The van der Waals surface area contributed by atoms with E-state index in [0.717, 1.165) is 58.2 Å². The fourth-order valence-electron chi connectivity index (χ4n) is 2.73. The Bertz CT molecular complexity index is 406. The molecule has 4 nitrogen and oxygen atoms in total. The molecule has 0 spiro atoms. The lowest BCUT2D eigenvalue weighted by Crippen LogP contribution is -2.38. The summed E-state index contributed by atoms with van der Waals surface area (Å²) in [7, 11) is 0. The first-order valence-corrected chi connectivity index (χ1v) is 8.10. The van der Waals surface area contributed by atoms with Gasteiger partial charge in [-0.3, -0.25) is 4.90 Å². The molecule has 1 aliphatic heterocycles. The maximum atomic E-state index is 6.05. The molecule has 0 aliphatic carbocycles. The normalized spacial score (nSPS) is 17.6. The molecule has 0 saturated carbocycles. The minimum atomic E-state index is 0.370. The summed E-state index contributed by atoms with van der Waals surface area (Å²) in [4.78, 5) is 2.40. The first-order chi connectivity index (χ1) is 10.3. The lowest BCUT2D eigenvalue weighted by Gasteiger charge is -2.27. The van der Waals surface area contributed by atoms with Crippen LogP contribution in [0.4, 0.5) is 0 Å². The molecule has 0 bridgehead atoms. The van der Waals surface area contributed by atoms with E-state index in [1.54, 1.807) is 0 Å². The number of ether oxygens (including phenoxy) is 2. The standard InChI is InChI=1S/C17H28N2O2/c1-3-16(18-4-2)15-7-5-6-8-17(15)21-14-11-19-9-12-20-13-10-19/h5-8,16,18H,3-4,9-14H2,1-2H3. The van der Waals surface area contributed by atoms with Gasteiger partial charge in [-0.2, -0.15) is 0 Å². The van der Waals surface area contributed by atoms with Gasteiger partial charge in [-0.05, 0) is 19.0 Å². The highest BCUT2D eigenvalue weighted by Crippen LogP contribution is 2.27. The monoisotopic (exact) mass is 292 g/mol. The zero-order chi connectivity index (χ0) is 14.9. The van der Waals surface area contributed by atoms with Crippen molar-refractivity contribution < 1.29 is 9.47 Å². The molecule has 4 heteroatoms. The highest BCUT2D eigenvalue weighted by Gasteiger charge is 2.14. The number of nitrogens with zero attached hydrogens (tertiary/aromatic N) is 1. The van der Waals surface area contributed by atoms with Crippen LogP contribution in [0.1, 0.15) is 31.9 Å². The first-order valence-electron chi connectivity index (χ1n) is 8.10. The van der Waals surface area contributed by atoms with Gasteiger partial charge in [0.1, 0.15) is 12.4 Å². The van der Waals surface area contributed by atoms with E-state index < -0.39 is 0 Å². The molecule has 1 N–H and O–H groups in total. The molecule has 1 unspecified atom stereocenters. The second kappa shape index (κ2) is 9.03. The second-order valence-corrected chi connectivity index (χ2v) is 5.36. The van der Waals surface area contributed by atoms with Crippen molar-refractivity contribution in [1.82, 2.24) is 10.2 Å². The van der Waals surface area contributed by atoms with Crippen LogP contribution in [-0.4, -0.2) is 50.9 Å². The van der Waals surface area contributed by atoms with E-state index in [1.807, 2.05) is 6.07 Å². The van der Waals surface area contributed by atoms with Gasteiger partial charge in [-0.25, -0.2) is 0 Å². The Kier molecular flexibility index (Phi) is 7.00. The zero-order valence-electron chi connectivity index (χ0n) is 13.3. The van der Waals surface area contributed by atoms with Crippen LogP contribution in [0.3, 0.4) is 0 Å². The lowest BCUT2D eigenvalue weighted by atomic mass is 10.0. The molecule has 21 heavy (non-hydrogen) atoms. The third-order valence-corrected chi connectivity index (χ3v) is 3.92. The summed E-state index contributed by atoms with van der Waals surface area (Å²) >= 11 is 0. The summed E-state index contributed by atoms with van der Waals surface area (Å²) in [5, 5.41) is 3.52. The predicted molar refractivity (Wildman–Crippen MR) is 85.9 cm³/mol. The Morgan fingerprint density at radius 1 is 1.24 bits per heavy atom. The number of para-hydroxylation sites is 1. The van der Waals surface area contributed by atoms with E-state index >= 15 is 0 Å². The summed E-state index contributed by atoms with van der Waals surface area (Å²) in [6.07, 6.45) is 1.07. The molecular formula is C17H28N2O2. The topological polar surface area (TPSA) is 33.7 Å². The number of hydrogen-bond donors (Lipinski definition) is 1. The number of hydrogen-bond acceptors (Lipinski definition) is 4. The smallest absolute Gasteiger partial charge is 0.124 e. The third kappa shape index (κ3) is 4.99. The molecule has 0 amide bonds. The Hall–Kier alpha value is -1.10. The molecular weight excluding hydrogens is 264 g/mol. The Morgan fingerprint density at radius 2 is 2.00 bits per heavy atom. The van der Waals surface area contributed by atoms with Gasteiger partial charge in [0.15, 0.2) is 0 Å². The van der Waals surface area contributed by atoms with Crippen LogP contribution in [0, 0.1) is 0 Å². The quantitative estimate of drug-likeness (QED) is 0.798. The van der Waals surface area contributed by atoms with Crippen LogP contribution >= 0.6 is 0 Å². The summed E-state index contributed by atoms with van der Waals surface area (Å²) in [5.74, 6) is 1.01. The molecule has 0 aromatic heterocycles. The van der Waals surface area contributed by atoms with Crippen molar-refractivity contribution in [3.05, 3.63) is 29.8 Å². The SMILES string of the molecule is CCNC(CC)c1ccccc1OCCN1CCOCC1. The van der Waals surface area contributed by atoms with Crippen molar-refractivity contribution in [2.24, 2.45) is 0 Å². The van der Waals surface area contributed by atoms with Gasteiger partial charge in [0.2, 0.25) is 0 Å². The molecule has 1 aliphatic rings.